The number of carboxylic acid groups (broad SMARTS) is 2. The van der Waals surface area contributed by atoms with Gasteiger partial charge in [-0.05, 0) is 37.5 Å². The van der Waals surface area contributed by atoms with Crippen molar-refractivity contribution in [1.82, 2.24) is 21.3 Å². The molecule has 14 heteroatoms. The van der Waals surface area contributed by atoms with E-state index in [1.807, 2.05) is 0 Å². The fraction of sp³-hybridized carbons (Fsp3) is 0.520. The zero-order valence-corrected chi connectivity index (χ0v) is 22.3. The standard InChI is InChI=1S/C25H37N5O9/c1-5-12(2)20(25(38)39)30-22(35)14(4)28-24(37)18(10-15-6-8-16(31)9-7-15)29-21(34)13(3)27-23(36)17(26)11-19(32)33/h6-9,12-14,17-18,20,31H,5,10-11,26H2,1-4H3,(H,27,36)(H,28,37)(H,29,34)(H,30,35)(H,32,33)(H,38,39)/t12-,13-,14-,17-,18-,20-/m0/s1. The van der Waals surface area contributed by atoms with Crippen LogP contribution in [-0.2, 0) is 35.2 Å². The summed E-state index contributed by atoms with van der Waals surface area (Å²) in [6, 6.07) is -0.325. The van der Waals surface area contributed by atoms with Gasteiger partial charge in [0.2, 0.25) is 23.6 Å². The summed E-state index contributed by atoms with van der Waals surface area (Å²) in [5.41, 5.74) is 6.06. The summed E-state index contributed by atoms with van der Waals surface area (Å²) in [4.78, 5) is 72.9. The Labute approximate surface area is 225 Å². The Morgan fingerprint density at radius 1 is 0.795 bits per heavy atom. The number of benzene rings is 1. The predicted molar refractivity (Wildman–Crippen MR) is 138 cm³/mol. The third kappa shape index (κ3) is 11.0. The van der Waals surface area contributed by atoms with Crippen LogP contribution in [0.5, 0.6) is 5.75 Å². The average molecular weight is 552 g/mol. The van der Waals surface area contributed by atoms with E-state index in [1.54, 1.807) is 13.8 Å². The fourth-order valence-electron chi connectivity index (χ4n) is 3.38. The van der Waals surface area contributed by atoms with E-state index in [2.05, 4.69) is 21.3 Å². The lowest BCUT2D eigenvalue weighted by Crippen LogP contribution is -2.58. The highest BCUT2D eigenvalue weighted by Crippen LogP contribution is 2.12. The van der Waals surface area contributed by atoms with Crippen molar-refractivity contribution in [2.75, 3.05) is 0 Å². The highest BCUT2D eigenvalue weighted by atomic mass is 16.4. The maximum atomic E-state index is 13.1. The number of aromatic hydroxyl groups is 1. The normalized spacial score (nSPS) is 15.4. The zero-order valence-electron chi connectivity index (χ0n) is 22.3. The molecular formula is C25H37N5O9. The number of amides is 4. The predicted octanol–water partition coefficient (Wildman–Crippen LogP) is -1.15. The van der Waals surface area contributed by atoms with Crippen molar-refractivity contribution >= 4 is 35.6 Å². The molecule has 4 amide bonds. The van der Waals surface area contributed by atoms with Crippen molar-refractivity contribution in [3.05, 3.63) is 29.8 Å². The molecule has 0 aliphatic heterocycles. The first-order chi connectivity index (χ1) is 18.2. The molecule has 1 rings (SSSR count). The summed E-state index contributed by atoms with van der Waals surface area (Å²) in [5.74, 6) is -6.06. The van der Waals surface area contributed by atoms with E-state index in [0.717, 1.165) is 0 Å². The maximum Gasteiger partial charge on any atom is 0.326 e. The molecule has 0 saturated carbocycles. The molecule has 14 nitrogen and oxygen atoms in total. The second-order valence-electron chi connectivity index (χ2n) is 9.31. The SMILES string of the molecule is CC[C@H](C)[C@H](NC(=O)[C@H](C)NC(=O)[C@H](Cc1ccc(O)cc1)NC(=O)[C@H](C)NC(=O)[C@@H](N)CC(=O)O)C(=O)O. The van der Waals surface area contributed by atoms with Crippen LogP contribution in [0.2, 0.25) is 0 Å². The lowest BCUT2D eigenvalue weighted by molar-refractivity contribution is -0.143. The second-order valence-corrected chi connectivity index (χ2v) is 9.31. The van der Waals surface area contributed by atoms with Gasteiger partial charge >= 0.3 is 11.9 Å². The lowest BCUT2D eigenvalue weighted by atomic mass is 9.99. The molecule has 0 aliphatic carbocycles. The number of carboxylic acids is 2. The minimum atomic E-state index is -1.39. The number of phenolic OH excluding ortho intramolecular Hbond substituents is 1. The molecule has 0 aliphatic rings. The van der Waals surface area contributed by atoms with E-state index in [9.17, 15) is 39.0 Å². The van der Waals surface area contributed by atoms with Crippen LogP contribution < -0.4 is 27.0 Å². The van der Waals surface area contributed by atoms with Gasteiger partial charge in [0, 0.05) is 6.42 Å². The largest absolute Gasteiger partial charge is 0.508 e. The van der Waals surface area contributed by atoms with Crippen molar-refractivity contribution in [2.24, 2.45) is 11.7 Å². The quantitative estimate of drug-likeness (QED) is 0.130. The van der Waals surface area contributed by atoms with Gasteiger partial charge in [0.15, 0.2) is 0 Å². The van der Waals surface area contributed by atoms with Crippen LogP contribution in [0.1, 0.15) is 46.1 Å². The summed E-state index contributed by atoms with van der Waals surface area (Å²) >= 11 is 0. The molecule has 6 atom stereocenters. The van der Waals surface area contributed by atoms with Crippen LogP contribution in [0.3, 0.4) is 0 Å². The lowest BCUT2D eigenvalue weighted by Gasteiger charge is -2.25. The third-order valence-corrected chi connectivity index (χ3v) is 6.02. The number of nitrogens with two attached hydrogens (primary N) is 1. The van der Waals surface area contributed by atoms with Crippen molar-refractivity contribution in [2.45, 2.75) is 77.2 Å². The van der Waals surface area contributed by atoms with Crippen LogP contribution in [0.25, 0.3) is 0 Å². The van der Waals surface area contributed by atoms with Gasteiger partial charge in [0.25, 0.3) is 0 Å². The third-order valence-electron chi connectivity index (χ3n) is 6.02. The molecule has 39 heavy (non-hydrogen) atoms. The monoisotopic (exact) mass is 551 g/mol. The Morgan fingerprint density at radius 3 is 1.79 bits per heavy atom. The molecule has 0 radical (unpaired) electrons. The number of carbonyl (C=O) groups is 6. The summed E-state index contributed by atoms with van der Waals surface area (Å²) < 4.78 is 0. The Bertz CT molecular complexity index is 1050. The number of phenols is 1. The number of rotatable bonds is 15. The Hall–Kier alpha value is -4.20. The molecule has 1 aromatic carbocycles. The zero-order chi connectivity index (χ0) is 29.9. The molecule has 0 aromatic heterocycles. The van der Waals surface area contributed by atoms with Gasteiger partial charge < -0.3 is 42.3 Å². The van der Waals surface area contributed by atoms with Gasteiger partial charge in [-0.2, -0.15) is 0 Å². The number of hydrogen-bond donors (Lipinski definition) is 8. The highest BCUT2D eigenvalue weighted by Gasteiger charge is 2.31. The summed E-state index contributed by atoms with van der Waals surface area (Å²) in [6.45, 7) is 6.11. The van der Waals surface area contributed by atoms with E-state index < -0.39 is 72.2 Å². The number of hydrogen-bond acceptors (Lipinski definition) is 8. The van der Waals surface area contributed by atoms with E-state index in [4.69, 9.17) is 10.8 Å². The van der Waals surface area contributed by atoms with Crippen molar-refractivity contribution in [3.8, 4) is 5.75 Å². The highest BCUT2D eigenvalue weighted by molar-refractivity contribution is 5.95. The van der Waals surface area contributed by atoms with Gasteiger partial charge in [-0.1, -0.05) is 32.4 Å². The molecule has 216 valence electrons. The smallest absolute Gasteiger partial charge is 0.326 e. The van der Waals surface area contributed by atoms with Crippen molar-refractivity contribution < 1.29 is 44.1 Å². The second kappa shape index (κ2) is 15.3. The number of carbonyl (C=O) groups excluding carboxylic acids is 4. The first-order valence-electron chi connectivity index (χ1n) is 12.4. The Morgan fingerprint density at radius 2 is 1.31 bits per heavy atom. The number of nitrogens with one attached hydrogen (secondary N) is 4. The van der Waals surface area contributed by atoms with Crippen molar-refractivity contribution in [3.63, 3.8) is 0 Å². The van der Waals surface area contributed by atoms with E-state index in [0.29, 0.717) is 12.0 Å². The van der Waals surface area contributed by atoms with Crippen LogP contribution in [0.15, 0.2) is 24.3 Å². The minimum absolute atomic E-state index is 0.0163. The molecule has 0 bridgehead atoms. The molecule has 0 heterocycles. The molecule has 0 fully saturated rings. The van der Waals surface area contributed by atoms with Crippen LogP contribution >= 0.6 is 0 Å². The fourth-order valence-corrected chi connectivity index (χ4v) is 3.38. The van der Waals surface area contributed by atoms with Gasteiger partial charge in [-0.25, -0.2) is 4.79 Å². The van der Waals surface area contributed by atoms with Crippen LogP contribution in [0.4, 0.5) is 0 Å². The molecule has 1 aromatic rings. The first kappa shape index (κ1) is 32.8. The van der Waals surface area contributed by atoms with Gasteiger partial charge in [0.1, 0.15) is 29.9 Å². The molecular weight excluding hydrogens is 514 g/mol. The maximum absolute atomic E-state index is 13.1. The topological polar surface area (TPSA) is 237 Å². The number of aliphatic carboxylic acids is 2. The molecule has 9 N–H and O–H groups in total. The first-order valence-corrected chi connectivity index (χ1v) is 12.4. The summed E-state index contributed by atoms with van der Waals surface area (Å²) in [6.07, 6.45) is -0.212. The molecule has 0 spiro atoms. The van der Waals surface area contributed by atoms with Crippen molar-refractivity contribution in [1.29, 1.82) is 0 Å². The van der Waals surface area contributed by atoms with Gasteiger partial charge in [-0.15, -0.1) is 0 Å². The Kier molecular flexibility index (Phi) is 12.9. The average Bonchev–Trinajstić information content (AvgIpc) is 2.86. The van der Waals surface area contributed by atoms with Crippen LogP contribution in [-0.4, -0.2) is 81.1 Å². The molecule has 0 saturated heterocycles. The Balaban J connectivity index is 3.00. The summed E-state index contributed by atoms with van der Waals surface area (Å²) in [5, 5.41) is 37.4. The van der Waals surface area contributed by atoms with E-state index in [-0.39, 0.29) is 18.1 Å². The van der Waals surface area contributed by atoms with E-state index >= 15 is 0 Å². The summed E-state index contributed by atoms with van der Waals surface area (Å²) in [7, 11) is 0. The van der Waals surface area contributed by atoms with Gasteiger partial charge in [0.05, 0.1) is 12.5 Å². The molecule has 0 unspecified atom stereocenters. The van der Waals surface area contributed by atoms with E-state index in [1.165, 1.54) is 38.1 Å². The van der Waals surface area contributed by atoms with Crippen LogP contribution in [0, 0.1) is 5.92 Å². The minimum Gasteiger partial charge on any atom is -0.508 e. The van der Waals surface area contributed by atoms with Gasteiger partial charge in [-0.3, -0.25) is 24.0 Å².